The minimum Gasteiger partial charge on any atom is -0.465 e. The van der Waals surface area contributed by atoms with E-state index in [-0.39, 0.29) is 5.92 Å². The summed E-state index contributed by atoms with van der Waals surface area (Å²) < 4.78 is 0. The highest BCUT2D eigenvalue weighted by Gasteiger charge is 2.07. The van der Waals surface area contributed by atoms with Crippen molar-refractivity contribution in [3.8, 4) is 11.1 Å². The first kappa shape index (κ1) is 12.6. The van der Waals surface area contributed by atoms with Gasteiger partial charge in [-0.1, -0.05) is 31.2 Å². The van der Waals surface area contributed by atoms with Gasteiger partial charge in [-0.15, -0.1) is 0 Å². The lowest BCUT2D eigenvalue weighted by Crippen LogP contribution is -2.25. The van der Waals surface area contributed by atoms with Gasteiger partial charge in [0.1, 0.15) is 0 Å². The van der Waals surface area contributed by atoms with Crippen LogP contribution in [-0.2, 0) is 0 Å². The molecule has 0 saturated heterocycles. The second kappa shape index (κ2) is 5.69. The lowest BCUT2D eigenvalue weighted by molar-refractivity contribution is 0.194. The molecule has 4 heteroatoms. The molecule has 2 N–H and O–H groups in total. The van der Waals surface area contributed by atoms with Crippen LogP contribution in [0.1, 0.15) is 18.4 Å². The summed E-state index contributed by atoms with van der Waals surface area (Å²) in [6.45, 7) is 2.45. The van der Waals surface area contributed by atoms with Crippen molar-refractivity contribution in [1.29, 1.82) is 0 Å². The largest absolute Gasteiger partial charge is 0.465 e. The molecule has 0 radical (unpaired) electrons. The van der Waals surface area contributed by atoms with Crippen molar-refractivity contribution >= 4 is 17.4 Å². The Morgan fingerprint density at radius 2 is 2.00 bits per heavy atom. The van der Waals surface area contributed by atoms with E-state index in [2.05, 4.69) is 46.4 Å². The van der Waals surface area contributed by atoms with E-state index >= 15 is 0 Å². The molecule has 2 aromatic rings. The van der Waals surface area contributed by atoms with Gasteiger partial charge < -0.3 is 10.4 Å². The summed E-state index contributed by atoms with van der Waals surface area (Å²) in [7, 11) is 0. The average Bonchev–Trinajstić information content (AvgIpc) is 2.90. The van der Waals surface area contributed by atoms with Crippen LogP contribution in [0.5, 0.6) is 0 Å². The fourth-order valence-corrected chi connectivity index (χ4v) is 2.46. The molecule has 0 saturated carbocycles. The zero-order chi connectivity index (χ0) is 13.0. The maximum Gasteiger partial charge on any atom is 0.404 e. The summed E-state index contributed by atoms with van der Waals surface area (Å²) in [6, 6.07) is 10.4. The number of rotatable bonds is 4. The van der Waals surface area contributed by atoms with Gasteiger partial charge in [-0.25, -0.2) is 4.79 Å². The van der Waals surface area contributed by atoms with Crippen LogP contribution in [0.25, 0.3) is 11.1 Å². The molecule has 0 aliphatic heterocycles. The number of hydrogen-bond acceptors (Lipinski definition) is 2. The van der Waals surface area contributed by atoms with E-state index < -0.39 is 6.09 Å². The van der Waals surface area contributed by atoms with Crippen molar-refractivity contribution in [2.75, 3.05) is 6.54 Å². The molecule has 1 heterocycles. The Balaban J connectivity index is 2.05. The van der Waals surface area contributed by atoms with Crippen molar-refractivity contribution < 1.29 is 9.90 Å². The first-order chi connectivity index (χ1) is 8.66. The summed E-state index contributed by atoms with van der Waals surface area (Å²) in [5.74, 6) is 0.178. The number of carbonyl (C=O) groups is 1. The van der Waals surface area contributed by atoms with Gasteiger partial charge in [0.05, 0.1) is 0 Å². The van der Waals surface area contributed by atoms with Crippen molar-refractivity contribution in [3.63, 3.8) is 0 Å². The number of thiophene rings is 1. The maximum absolute atomic E-state index is 10.4. The highest BCUT2D eigenvalue weighted by atomic mass is 32.1. The molecule has 1 aromatic carbocycles. The maximum atomic E-state index is 10.4. The first-order valence-corrected chi connectivity index (χ1v) is 6.70. The van der Waals surface area contributed by atoms with E-state index in [0.717, 1.165) is 5.56 Å². The molecule has 94 valence electrons. The van der Waals surface area contributed by atoms with Gasteiger partial charge in [0.25, 0.3) is 0 Å². The van der Waals surface area contributed by atoms with Gasteiger partial charge in [0, 0.05) is 6.54 Å². The molecule has 0 fully saturated rings. The molecule has 1 aromatic heterocycles. The third-order valence-corrected chi connectivity index (χ3v) is 3.58. The summed E-state index contributed by atoms with van der Waals surface area (Å²) in [4.78, 5) is 10.4. The van der Waals surface area contributed by atoms with E-state index in [0.29, 0.717) is 6.54 Å². The summed E-state index contributed by atoms with van der Waals surface area (Å²) in [6.07, 6.45) is -0.975. The van der Waals surface area contributed by atoms with Gasteiger partial charge >= 0.3 is 6.09 Å². The molecule has 1 amide bonds. The molecule has 2 rings (SSSR count). The predicted octanol–water partition coefficient (Wildman–Crippen LogP) is 3.79. The van der Waals surface area contributed by atoms with E-state index in [1.807, 2.05) is 6.92 Å². The number of hydrogen-bond donors (Lipinski definition) is 2. The minimum atomic E-state index is -0.975. The van der Waals surface area contributed by atoms with Crippen LogP contribution >= 0.6 is 11.3 Å². The van der Waals surface area contributed by atoms with Gasteiger partial charge in [-0.2, -0.15) is 11.3 Å². The highest BCUT2D eigenvalue weighted by molar-refractivity contribution is 7.08. The molecule has 0 bridgehead atoms. The van der Waals surface area contributed by atoms with Crippen LogP contribution < -0.4 is 5.32 Å². The number of nitrogens with one attached hydrogen (secondary N) is 1. The van der Waals surface area contributed by atoms with E-state index in [9.17, 15) is 4.79 Å². The number of carboxylic acid groups (broad SMARTS) is 1. The highest BCUT2D eigenvalue weighted by Crippen LogP contribution is 2.24. The quantitative estimate of drug-likeness (QED) is 0.879. The lowest BCUT2D eigenvalue weighted by Gasteiger charge is -2.12. The molecule has 0 aliphatic rings. The molecular formula is C14H15NO2S. The lowest BCUT2D eigenvalue weighted by atomic mass is 9.98. The second-order valence-electron chi connectivity index (χ2n) is 4.22. The molecule has 0 aliphatic carbocycles. The van der Waals surface area contributed by atoms with Crippen molar-refractivity contribution in [2.24, 2.45) is 0 Å². The molecule has 3 nitrogen and oxygen atoms in total. The molecule has 1 unspecified atom stereocenters. The Bertz CT molecular complexity index is 505. The van der Waals surface area contributed by atoms with Crippen LogP contribution in [0.3, 0.4) is 0 Å². The van der Waals surface area contributed by atoms with Crippen LogP contribution in [0.4, 0.5) is 4.79 Å². The zero-order valence-electron chi connectivity index (χ0n) is 10.1. The van der Waals surface area contributed by atoms with Crippen LogP contribution in [0.15, 0.2) is 41.1 Å². The third-order valence-electron chi connectivity index (χ3n) is 2.89. The molecule has 0 spiro atoms. The van der Waals surface area contributed by atoms with E-state index in [1.165, 1.54) is 11.1 Å². The van der Waals surface area contributed by atoms with E-state index in [1.54, 1.807) is 11.3 Å². The van der Waals surface area contributed by atoms with E-state index in [4.69, 9.17) is 5.11 Å². The fourth-order valence-electron chi connectivity index (χ4n) is 1.79. The Hall–Kier alpha value is -1.81. The third kappa shape index (κ3) is 3.11. The van der Waals surface area contributed by atoms with Gasteiger partial charge in [-0.3, -0.25) is 0 Å². The van der Waals surface area contributed by atoms with Gasteiger partial charge in [-0.05, 0) is 39.4 Å². The first-order valence-electron chi connectivity index (χ1n) is 5.76. The Morgan fingerprint density at radius 3 is 2.56 bits per heavy atom. The standard InChI is InChI=1S/C14H15NO2S/c1-10(8-15-14(16)17)11-2-4-12(5-3-11)13-6-7-18-9-13/h2-7,9-10,15H,8H2,1H3,(H,16,17). The monoisotopic (exact) mass is 261 g/mol. The second-order valence-corrected chi connectivity index (χ2v) is 5.00. The molecular weight excluding hydrogens is 246 g/mol. The van der Waals surface area contributed by atoms with Crippen molar-refractivity contribution in [1.82, 2.24) is 5.32 Å². The SMILES string of the molecule is CC(CNC(=O)O)c1ccc(-c2ccsc2)cc1. The molecule has 18 heavy (non-hydrogen) atoms. The Labute approximate surface area is 110 Å². The summed E-state index contributed by atoms with van der Waals surface area (Å²) >= 11 is 1.68. The van der Waals surface area contributed by atoms with Crippen LogP contribution in [-0.4, -0.2) is 17.7 Å². The van der Waals surface area contributed by atoms with Gasteiger partial charge in [0.2, 0.25) is 0 Å². The smallest absolute Gasteiger partial charge is 0.404 e. The topological polar surface area (TPSA) is 49.3 Å². The van der Waals surface area contributed by atoms with Crippen LogP contribution in [0.2, 0.25) is 0 Å². The number of amides is 1. The Morgan fingerprint density at radius 1 is 1.28 bits per heavy atom. The number of benzene rings is 1. The molecule has 1 atom stereocenters. The summed E-state index contributed by atoms with van der Waals surface area (Å²) in [5.41, 5.74) is 3.56. The minimum absolute atomic E-state index is 0.178. The average molecular weight is 261 g/mol. The fraction of sp³-hybridized carbons (Fsp3) is 0.214. The van der Waals surface area contributed by atoms with Crippen molar-refractivity contribution in [2.45, 2.75) is 12.8 Å². The van der Waals surface area contributed by atoms with Crippen molar-refractivity contribution in [3.05, 3.63) is 46.7 Å². The normalized spacial score (nSPS) is 12.1. The Kier molecular flexibility index (Phi) is 3.99. The summed E-state index contributed by atoms with van der Waals surface area (Å²) in [5, 5.41) is 15.1. The van der Waals surface area contributed by atoms with Crippen LogP contribution in [0, 0.1) is 0 Å². The predicted molar refractivity (Wildman–Crippen MR) is 74.2 cm³/mol. The zero-order valence-corrected chi connectivity index (χ0v) is 10.9. The van der Waals surface area contributed by atoms with Gasteiger partial charge in [0.15, 0.2) is 0 Å².